The van der Waals surface area contributed by atoms with Gasteiger partial charge in [-0.25, -0.2) is 0 Å². The summed E-state index contributed by atoms with van der Waals surface area (Å²) in [6, 6.07) is 16.2. The molecule has 5 rings (SSSR count). The Labute approximate surface area is 199 Å². The van der Waals surface area contributed by atoms with Crippen molar-refractivity contribution >= 4 is 16.8 Å². The van der Waals surface area contributed by atoms with E-state index in [9.17, 15) is 4.79 Å². The van der Waals surface area contributed by atoms with E-state index >= 15 is 0 Å². The number of para-hydroxylation sites is 1. The maximum Gasteiger partial charge on any atom is 0.249 e. The SMILES string of the molecule is Cc1cccc(CNC(=O)Cn2cc(-c3nnc(CN4CCC(C)CC4)o3)c3ccccc32)c1. The molecule has 7 nitrogen and oxygen atoms in total. The second kappa shape index (κ2) is 9.81. The van der Waals surface area contributed by atoms with Crippen LogP contribution in [0.1, 0.15) is 36.8 Å². The largest absolute Gasteiger partial charge is 0.419 e. The first-order valence-electron chi connectivity index (χ1n) is 12.0. The van der Waals surface area contributed by atoms with E-state index in [4.69, 9.17) is 4.42 Å². The van der Waals surface area contributed by atoms with Crippen LogP contribution in [0.4, 0.5) is 0 Å². The number of carbonyl (C=O) groups excluding carboxylic acids is 1. The van der Waals surface area contributed by atoms with Crippen LogP contribution in [0.25, 0.3) is 22.4 Å². The number of amides is 1. The fourth-order valence-corrected chi connectivity index (χ4v) is 4.62. The number of benzene rings is 2. The summed E-state index contributed by atoms with van der Waals surface area (Å²) in [5, 5.41) is 12.7. The smallest absolute Gasteiger partial charge is 0.249 e. The van der Waals surface area contributed by atoms with Crippen LogP contribution in [0.2, 0.25) is 0 Å². The third kappa shape index (κ3) is 5.04. The Morgan fingerprint density at radius 2 is 1.94 bits per heavy atom. The summed E-state index contributed by atoms with van der Waals surface area (Å²) in [5.74, 6) is 1.88. The van der Waals surface area contributed by atoms with Gasteiger partial charge in [0.05, 0.1) is 12.1 Å². The highest BCUT2D eigenvalue weighted by atomic mass is 16.4. The van der Waals surface area contributed by atoms with Crippen molar-refractivity contribution in [3.05, 3.63) is 71.7 Å². The van der Waals surface area contributed by atoms with Gasteiger partial charge in [-0.3, -0.25) is 9.69 Å². The summed E-state index contributed by atoms with van der Waals surface area (Å²) in [4.78, 5) is 15.1. The minimum atomic E-state index is -0.0423. The average molecular weight is 458 g/mol. The van der Waals surface area contributed by atoms with Gasteiger partial charge in [0, 0.05) is 23.6 Å². The Bertz CT molecular complexity index is 1280. The number of nitrogens with one attached hydrogen (secondary N) is 1. The highest BCUT2D eigenvalue weighted by Gasteiger charge is 2.20. The number of rotatable bonds is 7. The normalized spacial score (nSPS) is 15.1. The highest BCUT2D eigenvalue weighted by molar-refractivity contribution is 5.94. The molecular formula is C27H31N5O2. The lowest BCUT2D eigenvalue weighted by molar-refractivity contribution is -0.121. The second-order valence-corrected chi connectivity index (χ2v) is 9.41. The van der Waals surface area contributed by atoms with Crippen molar-refractivity contribution in [1.29, 1.82) is 0 Å². The van der Waals surface area contributed by atoms with E-state index in [-0.39, 0.29) is 12.5 Å². The van der Waals surface area contributed by atoms with Crippen LogP contribution in [0.5, 0.6) is 0 Å². The molecule has 2 aromatic heterocycles. The van der Waals surface area contributed by atoms with Gasteiger partial charge in [0.25, 0.3) is 0 Å². The van der Waals surface area contributed by atoms with Crippen LogP contribution >= 0.6 is 0 Å². The van der Waals surface area contributed by atoms with E-state index in [0.29, 0.717) is 24.9 Å². The van der Waals surface area contributed by atoms with Gasteiger partial charge in [0.15, 0.2) is 0 Å². The van der Waals surface area contributed by atoms with E-state index in [2.05, 4.69) is 46.4 Å². The van der Waals surface area contributed by atoms with Crippen molar-refractivity contribution in [3.63, 3.8) is 0 Å². The van der Waals surface area contributed by atoms with Crippen molar-refractivity contribution in [2.75, 3.05) is 13.1 Å². The zero-order valence-corrected chi connectivity index (χ0v) is 19.8. The summed E-state index contributed by atoms with van der Waals surface area (Å²) >= 11 is 0. The number of hydrogen-bond donors (Lipinski definition) is 1. The maximum atomic E-state index is 12.7. The van der Waals surface area contributed by atoms with E-state index in [1.165, 1.54) is 18.4 Å². The fraction of sp³-hybridized carbons (Fsp3) is 0.370. The first-order chi connectivity index (χ1) is 16.5. The Kier molecular flexibility index (Phi) is 6.45. The van der Waals surface area contributed by atoms with Gasteiger partial charge in [-0.1, -0.05) is 55.0 Å². The number of fused-ring (bicyclic) bond motifs is 1. The summed E-state index contributed by atoms with van der Waals surface area (Å²) in [7, 11) is 0. The minimum Gasteiger partial charge on any atom is -0.419 e. The quantitative estimate of drug-likeness (QED) is 0.441. The molecule has 1 aliphatic rings. The molecule has 1 aliphatic heterocycles. The van der Waals surface area contributed by atoms with Crippen molar-refractivity contribution < 1.29 is 9.21 Å². The van der Waals surface area contributed by atoms with Crippen molar-refractivity contribution in [1.82, 2.24) is 25.0 Å². The summed E-state index contributed by atoms with van der Waals surface area (Å²) in [5.41, 5.74) is 4.09. The molecule has 0 bridgehead atoms. The van der Waals surface area contributed by atoms with Crippen molar-refractivity contribution in [3.8, 4) is 11.5 Å². The Morgan fingerprint density at radius 3 is 2.76 bits per heavy atom. The molecule has 0 aliphatic carbocycles. The van der Waals surface area contributed by atoms with Gasteiger partial charge in [0.1, 0.15) is 6.54 Å². The van der Waals surface area contributed by atoms with Gasteiger partial charge in [-0.15, -0.1) is 10.2 Å². The standard InChI is InChI=1S/C27H31N5O2/c1-19-10-12-31(13-11-19)18-26-29-30-27(34-26)23-16-32(24-9-4-3-8-22(23)24)17-25(33)28-15-21-7-5-6-20(2)14-21/h3-9,14,16,19H,10-13,15,17-18H2,1-2H3,(H,28,33). The molecule has 3 heterocycles. The molecule has 1 saturated heterocycles. The van der Waals surface area contributed by atoms with E-state index in [0.717, 1.165) is 41.0 Å². The molecule has 176 valence electrons. The topological polar surface area (TPSA) is 76.2 Å². The van der Waals surface area contributed by atoms with Crippen molar-refractivity contribution in [2.45, 2.75) is 46.3 Å². The molecule has 4 aromatic rings. The molecule has 34 heavy (non-hydrogen) atoms. The predicted octanol–water partition coefficient (Wildman–Crippen LogP) is 4.55. The second-order valence-electron chi connectivity index (χ2n) is 9.41. The van der Waals surface area contributed by atoms with Crippen LogP contribution in [0.15, 0.2) is 59.1 Å². The number of aryl methyl sites for hydroxylation is 1. The molecule has 1 amide bonds. The van der Waals surface area contributed by atoms with Gasteiger partial charge in [0.2, 0.25) is 17.7 Å². The van der Waals surface area contributed by atoms with Gasteiger partial charge in [-0.05, 0) is 50.4 Å². The number of hydrogen-bond acceptors (Lipinski definition) is 5. The molecular weight excluding hydrogens is 426 g/mol. The molecule has 7 heteroatoms. The molecule has 0 saturated carbocycles. The summed E-state index contributed by atoms with van der Waals surface area (Å²) in [6.45, 7) is 7.90. The molecule has 0 unspecified atom stereocenters. The van der Waals surface area contributed by atoms with Crippen LogP contribution in [0, 0.1) is 12.8 Å². The summed E-state index contributed by atoms with van der Waals surface area (Å²) < 4.78 is 8.01. The number of piperidine rings is 1. The Balaban J connectivity index is 1.31. The number of nitrogens with zero attached hydrogens (tertiary/aromatic N) is 4. The third-order valence-corrected chi connectivity index (χ3v) is 6.61. The Morgan fingerprint density at radius 1 is 1.12 bits per heavy atom. The third-order valence-electron chi connectivity index (χ3n) is 6.61. The average Bonchev–Trinajstić information content (AvgIpc) is 3.44. The van der Waals surface area contributed by atoms with Gasteiger partial charge < -0.3 is 14.3 Å². The number of aromatic nitrogens is 3. The number of likely N-dealkylation sites (tertiary alicyclic amines) is 1. The minimum absolute atomic E-state index is 0.0423. The Hall–Kier alpha value is -3.45. The molecule has 0 atom stereocenters. The van der Waals surface area contributed by atoms with Gasteiger partial charge in [-0.2, -0.15) is 0 Å². The first-order valence-corrected chi connectivity index (χ1v) is 12.0. The van der Waals surface area contributed by atoms with E-state index < -0.39 is 0 Å². The zero-order valence-electron chi connectivity index (χ0n) is 19.8. The van der Waals surface area contributed by atoms with Gasteiger partial charge >= 0.3 is 0 Å². The first kappa shape index (κ1) is 22.3. The molecule has 0 spiro atoms. The lowest BCUT2D eigenvalue weighted by Gasteiger charge is -2.28. The maximum absolute atomic E-state index is 12.7. The van der Waals surface area contributed by atoms with E-state index in [1.54, 1.807) is 0 Å². The molecule has 1 N–H and O–H groups in total. The fourth-order valence-electron chi connectivity index (χ4n) is 4.62. The zero-order chi connectivity index (χ0) is 23.5. The monoisotopic (exact) mass is 457 g/mol. The van der Waals surface area contributed by atoms with Crippen LogP contribution in [0.3, 0.4) is 0 Å². The lowest BCUT2D eigenvalue weighted by atomic mass is 9.99. The lowest BCUT2D eigenvalue weighted by Crippen LogP contribution is -2.32. The van der Waals surface area contributed by atoms with E-state index in [1.807, 2.05) is 47.2 Å². The highest BCUT2D eigenvalue weighted by Crippen LogP contribution is 2.30. The molecule has 0 radical (unpaired) electrons. The molecule has 2 aromatic carbocycles. The van der Waals surface area contributed by atoms with Crippen LogP contribution < -0.4 is 5.32 Å². The number of carbonyl (C=O) groups is 1. The van der Waals surface area contributed by atoms with Crippen LogP contribution in [-0.4, -0.2) is 38.7 Å². The molecule has 1 fully saturated rings. The van der Waals surface area contributed by atoms with Crippen molar-refractivity contribution in [2.24, 2.45) is 5.92 Å². The van der Waals surface area contributed by atoms with Crippen LogP contribution in [-0.2, 0) is 24.4 Å². The predicted molar refractivity (Wildman–Crippen MR) is 132 cm³/mol. The summed E-state index contributed by atoms with van der Waals surface area (Å²) in [6.07, 6.45) is 4.36.